The summed E-state index contributed by atoms with van der Waals surface area (Å²) < 4.78 is 1.72. The molecule has 1 amide bonds. The number of hydrogen-bond donors (Lipinski definition) is 3. The molecular weight excluding hydrogens is 364 g/mol. The Kier molecular flexibility index (Phi) is 4.57. The van der Waals surface area contributed by atoms with Gasteiger partial charge in [-0.1, -0.05) is 12.1 Å². The van der Waals surface area contributed by atoms with E-state index in [1.807, 2.05) is 32.9 Å². The maximum Gasteiger partial charge on any atom is 0.253 e. The number of allylic oxidation sites excluding steroid dienone is 2. The molecule has 0 saturated heterocycles. The van der Waals surface area contributed by atoms with Crippen molar-refractivity contribution >= 4 is 22.7 Å². The molecule has 2 heterocycles. The van der Waals surface area contributed by atoms with Crippen molar-refractivity contribution in [3.8, 4) is 17.0 Å². The van der Waals surface area contributed by atoms with E-state index in [9.17, 15) is 9.90 Å². The lowest BCUT2D eigenvalue weighted by molar-refractivity contribution is 0.100. The lowest BCUT2D eigenvalue weighted by Gasteiger charge is -2.16. The fraction of sp³-hybridized carbons (Fsp3) is 0.304. The number of nitrogen functional groups attached to an aromatic ring is 1. The predicted molar refractivity (Wildman–Crippen MR) is 116 cm³/mol. The van der Waals surface area contributed by atoms with Gasteiger partial charge in [0.15, 0.2) is 0 Å². The second kappa shape index (κ2) is 6.95. The first kappa shape index (κ1) is 19.1. The lowest BCUT2D eigenvalue weighted by atomic mass is 9.95. The Morgan fingerprint density at radius 1 is 1.17 bits per heavy atom. The molecule has 0 bridgehead atoms. The minimum atomic E-state index is -0.590. The zero-order chi connectivity index (χ0) is 20.9. The summed E-state index contributed by atoms with van der Waals surface area (Å²) in [7, 11) is 0. The van der Waals surface area contributed by atoms with Gasteiger partial charge in [-0.15, -0.1) is 0 Å². The summed E-state index contributed by atoms with van der Waals surface area (Å²) in [6.45, 7) is 5.78. The minimum absolute atomic E-state index is 0.169. The number of carbonyl (C=O) groups excluding carboxylic acids is 1. The van der Waals surface area contributed by atoms with Crippen LogP contribution < -0.4 is 11.5 Å². The molecule has 4 rings (SSSR count). The highest BCUT2D eigenvalue weighted by Crippen LogP contribution is 2.40. The van der Waals surface area contributed by atoms with E-state index in [4.69, 9.17) is 16.6 Å². The van der Waals surface area contributed by atoms with Crippen LogP contribution in [0.4, 0.5) is 5.69 Å². The molecule has 6 heteroatoms. The first-order valence-electron chi connectivity index (χ1n) is 9.91. The van der Waals surface area contributed by atoms with E-state index in [0.717, 1.165) is 41.6 Å². The number of aromatic nitrogens is 2. The smallest absolute Gasteiger partial charge is 0.253 e. The van der Waals surface area contributed by atoms with Crippen LogP contribution in [0.1, 0.15) is 58.4 Å². The summed E-state index contributed by atoms with van der Waals surface area (Å²) in [6, 6.07) is 5.43. The number of nitrogens with two attached hydrogens (primary N) is 2. The van der Waals surface area contributed by atoms with Gasteiger partial charge in [-0.2, -0.15) is 5.10 Å². The van der Waals surface area contributed by atoms with Gasteiger partial charge in [0.1, 0.15) is 5.75 Å². The van der Waals surface area contributed by atoms with Crippen LogP contribution in [-0.2, 0) is 0 Å². The standard InChI is InChI=1S/C23H26N4O2/c1-12-9-10-17(28)14(3)18(12)22-20(24)19(23(25)29)16-11-13(2)21(26-27(16)22)15-7-5-4-6-8-15/h7,9-11,28H,4-6,8,24H2,1-3H3,(H2,25,29). The Morgan fingerprint density at radius 2 is 1.93 bits per heavy atom. The molecule has 150 valence electrons. The zero-order valence-corrected chi connectivity index (χ0v) is 17.0. The normalized spacial score (nSPS) is 14.2. The van der Waals surface area contributed by atoms with Crippen molar-refractivity contribution in [1.29, 1.82) is 0 Å². The number of phenolic OH excluding ortho intramolecular Hbond substituents is 1. The monoisotopic (exact) mass is 390 g/mol. The molecule has 1 aromatic carbocycles. The number of nitrogens with zero attached hydrogens (tertiary/aromatic N) is 2. The summed E-state index contributed by atoms with van der Waals surface area (Å²) in [6.07, 6.45) is 6.62. The molecule has 0 unspecified atom stereocenters. The van der Waals surface area contributed by atoms with Crippen molar-refractivity contribution in [2.24, 2.45) is 5.73 Å². The number of aryl methyl sites for hydroxylation is 2. The summed E-state index contributed by atoms with van der Waals surface area (Å²) in [4.78, 5) is 12.3. The second-order valence-corrected chi connectivity index (χ2v) is 7.85. The van der Waals surface area contributed by atoms with Crippen LogP contribution >= 0.6 is 0 Å². The minimum Gasteiger partial charge on any atom is -0.508 e. The third kappa shape index (κ3) is 2.95. The molecule has 0 aliphatic heterocycles. The Labute approximate surface area is 169 Å². The number of carbonyl (C=O) groups is 1. The van der Waals surface area contributed by atoms with E-state index in [-0.39, 0.29) is 17.0 Å². The highest BCUT2D eigenvalue weighted by atomic mass is 16.3. The van der Waals surface area contributed by atoms with Crippen molar-refractivity contribution in [2.45, 2.75) is 46.5 Å². The van der Waals surface area contributed by atoms with Gasteiger partial charge in [-0.05, 0) is 75.3 Å². The van der Waals surface area contributed by atoms with Gasteiger partial charge >= 0.3 is 0 Å². The molecule has 0 radical (unpaired) electrons. The molecule has 6 nitrogen and oxygen atoms in total. The first-order valence-corrected chi connectivity index (χ1v) is 9.91. The largest absolute Gasteiger partial charge is 0.508 e. The van der Waals surface area contributed by atoms with Gasteiger partial charge in [0.2, 0.25) is 0 Å². The number of aromatic hydroxyl groups is 1. The van der Waals surface area contributed by atoms with E-state index < -0.39 is 5.91 Å². The quantitative estimate of drug-likeness (QED) is 0.621. The number of primary amides is 1. The highest BCUT2D eigenvalue weighted by molar-refractivity contribution is 6.09. The third-order valence-corrected chi connectivity index (χ3v) is 5.87. The Hall–Kier alpha value is -3.28. The van der Waals surface area contributed by atoms with Gasteiger partial charge in [0.05, 0.1) is 28.2 Å². The van der Waals surface area contributed by atoms with Gasteiger partial charge in [0.25, 0.3) is 5.91 Å². The molecule has 0 spiro atoms. The number of hydrogen-bond acceptors (Lipinski definition) is 4. The van der Waals surface area contributed by atoms with Crippen LogP contribution in [0.3, 0.4) is 0 Å². The van der Waals surface area contributed by atoms with E-state index in [1.165, 1.54) is 12.0 Å². The number of amides is 1. The van der Waals surface area contributed by atoms with Crippen molar-refractivity contribution in [3.05, 3.63) is 52.2 Å². The van der Waals surface area contributed by atoms with E-state index in [0.29, 0.717) is 16.8 Å². The molecular formula is C23H26N4O2. The molecule has 0 fully saturated rings. The number of fused-ring (bicyclic) bond motifs is 1. The number of rotatable bonds is 3. The van der Waals surface area contributed by atoms with Crippen LogP contribution in [0.5, 0.6) is 5.75 Å². The van der Waals surface area contributed by atoms with E-state index >= 15 is 0 Å². The Morgan fingerprint density at radius 3 is 2.59 bits per heavy atom. The van der Waals surface area contributed by atoms with Crippen LogP contribution in [0, 0.1) is 20.8 Å². The van der Waals surface area contributed by atoms with Crippen LogP contribution in [-0.4, -0.2) is 20.6 Å². The third-order valence-electron chi connectivity index (χ3n) is 5.87. The van der Waals surface area contributed by atoms with Crippen LogP contribution in [0.25, 0.3) is 22.3 Å². The topological polar surface area (TPSA) is 107 Å². The van der Waals surface area contributed by atoms with Gasteiger partial charge in [-0.3, -0.25) is 4.79 Å². The maximum atomic E-state index is 12.3. The average Bonchev–Trinajstić information content (AvgIpc) is 2.96. The Bertz CT molecular complexity index is 1190. The highest BCUT2D eigenvalue weighted by Gasteiger charge is 2.26. The first-order chi connectivity index (χ1) is 13.8. The van der Waals surface area contributed by atoms with Crippen molar-refractivity contribution in [1.82, 2.24) is 9.61 Å². The molecule has 0 saturated carbocycles. The summed E-state index contributed by atoms with van der Waals surface area (Å²) in [5, 5.41) is 15.2. The fourth-order valence-corrected chi connectivity index (χ4v) is 4.36. The zero-order valence-electron chi connectivity index (χ0n) is 17.0. The summed E-state index contributed by atoms with van der Waals surface area (Å²) in [5.74, 6) is -0.421. The van der Waals surface area contributed by atoms with E-state index in [2.05, 4.69) is 6.08 Å². The molecule has 3 aromatic rings. The number of phenols is 1. The number of anilines is 1. The summed E-state index contributed by atoms with van der Waals surface area (Å²) in [5.41, 5.74) is 19.4. The number of benzene rings is 1. The van der Waals surface area contributed by atoms with Gasteiger partial charge in [0, 0.05) is 11.1 Å². The van der Waals surface area contributed by atoms with Crippen LogP contribution in [0.15, 0.2) is 24.3 Å². The molecule has 1 aliphatic carbocycles. The molecule has 5 N–H and O–H groups in total. The van der Waals surface area contributed by atoms with Gasteiger partial charge < -0.3 is 16.6 Å². The van der Waals surface area contributed by atoms with Crippen LogP contribution in [0.2, 0.25) is 0 Å². The molecule has 0 atom stereocenters. The Balaban J connectivity index is 2.12. The van der Waals surface area contributed by atoms with Crippen molar-refractivity contribution in [3.63, 3.8) is 0 Å². The maximum absolute atomic E-state index is 12.3. The van der Waals surface area contributed by atoms with Crippen molar-refractivity contribution in [2.75, 3.05) is 5.73 Å². The predicted octanol–water partition coefficient (Wildman–Crippen LogP) is 4.27. The summed E-state index contributed by atoms with van der Waals surface area (Å²) >= 11 is 0. The fourth-order valence-electron chi connectivity index (χ4n) is 4.36. The molecule has 2 aromatic heterocycles. The van der Waals surface area contributed by atoms with E-state index in [1.54, 1.807) is 10.6 Å². The molecule has 29 heavy (non-hydrogen) atoms. The van der Waals surface area contributed by atoms with Gasteiger partial charge in [-0.25, -0.2) is 4.52 Å². The lowest BCUT2D eigenvalue weighted by Crippen LogP contribution is -2.13. The SMILES string of the molecule is Cc1cc2c(C(N)=O)c(N)c(-c3c(C)ccc(O)c3C)n2nc1C1=CCCCC1. The van der Waals surface area contributed by atoms with Crippen molar-refractivity contribution < 1.29 is 9.90 Å². The molecule has 1 aliphatic rings. The average molecular weight is 390 g/mol. The second-order valence-electron chi connectivity index (χ2n) is 7.85.